The molecule has 35 heavy (non-hydrogen) atoms. The van der Waals surface area contributed by atoms with Gasteiger partial charge in [-0.15, -0.1) is 0 Å². The topological polar surface area (TPSA) is 84.8 Å². The zero-order valence-corrected chi connectivity index (χ0v) is 19.8. The lowest BCUT2D eigenvalue weighted by Crippen LogP contribution is -2.33. The number of imidazole rings is 1. The van der Waals surface area contributed by atoms with E-state index in [9.17, 15) is 4.39 Å². The van der Waals surface area contributed by atoms with Crippen LogP contribution in [0.3, 0.4) is 0 Å². The SMILES string of the molecule is Cc1n[nH]nc1-c1ccnc(-c2ncn(C)c2-c2c(F)cc(F)cc2OCCN2CCCCC2)c1. The van der Waals surface area contributed by atoms with E-state index in [1.165, 1.54) is 12.5 Å². The summed E-state index contributed by atoms with van der Waals surface area (Å²) in [6, 6.07) is 5.75. The molecule has 3 aromatic heterocycles. The second-order valence-electron chi connectivity index (χ2n) is 8.75. The largest absolute Gasteiger partial charge is 0.491 e. The average Bonchev–Trinajstić information content (AvgIpc) is 3.45. The number of nitrogens with one attached hydrogen (secondary N) is 1. The fourth-order valence-electron chi connectivity index (χ4n) is 4.54. The van der Waals surface area contributed by atoms with Gasteiger partial charge in [0.25, 0.3) is 0 Å². The molecule has 0 radical (unpaired) electrons. The summed E-state index contributed by atoms with van der Waals surface area (Å²) in [7, 11) is 1.76. The first kappa shape index (κ1) is 23.1. The van der Waals surface area contributed by atoms with E-state index in [0.717, 1.165) is 43.3 Å². The third-order valence-electron chi connectivity index (χ3n) is 6.30. The molecule has 0 unspecified atom stereocenters. The summed E-state index contributed by atoms with van der Waals surface area (Å²) < 4.78 is 37.2. The van der Waals surface area contributed by atoms with Crippen LogP contribution in [0, 0.1) is 18.6 Å². The highest BCUT2D eigenvalue weighted by Gasteiger charge is 2.24. The summed E-state index contributed by atoms with van der Waals surface area (Å²) in [5.41, 5.74) is 3.85. The Kier molecular flexibility index (Phi) is 6.54. The van der Waals surface area contributed by atoms with E-state index in [2.05, 4.69) is 30.3 Å². The molecular weight excluding hydrogens is 452 g/mol. The van der Waals surface area contributed by atoms with Crippen molar-refractivity contribution in [2.45, 2.75) is 26.2 Å². The first-order chi connectivity index (χ1) is 17.0. The molecule has 0 saturated carbocycles. The minimum Gasteiger partial charge on any atom is -0.491 e. The molecule has 8 nitrogen and oxygen atoms in total. The van der Waals surface area contributed by atoms with E-state index >= 15 is 4.39 Å². The number of rotatable bonds is 7. The molecule has 182 valence electrons. The number of likely N-dealkylation sites (tertiary alicyclic amines) is 1. The molecule has 0 spiro atoms. The minimum atomic E-state index is -0.716. The van der Waals surface area contributed by atoms with Gasteiger partial charge in [-0.05, 0) is 45.0 Å². The summed E-state index contributed by atoms with van der Waals surface area (Å²) in [6.07, 6.45) is 6.80. The van der Waals surface area contributed by atoms with Crippen LogP contribution in [0.2, 0.25) is 0 Å². The van der Waals surface area contributed by atoms with Gasteiger partial charge < -0.3 is 9.30 Å². The predicted molar refractivity (Wildman–Crippen MR) is 128 cm³/mol. The van der Waals surface area contributed by atoms with E-state index in [4.69, 9.17) is 4.74 Å². The Bertz CT molecular complexity index is 1330. The third kappa shape index (κ3) is 4.79. The molecule has 1 aromatic carbocycles. The van der Waals surface area contributed by atoms with Gasteiger partial charge in [-0.1, -0.05) is 6.42 Å². The molecule has 1 aliphatic rings. The fourth-order valence-corrected chi connectivity index (χ4v) is 4.54. The third-order valence-corrected chi connectivity index (χ3v) is 6.30. The Hall–Kier alpha value is -3.66. The van der Waals surface area contributed by atoms with Crippen molar-refractivity contribution in [2.24, 2.45) is 7.05 Å². The quantitative estimate of drug-likeness (QED) is 0.423. The number of aromatic amines is 1. The predicted octanol–water partition coefficient (Wildman–Crippen LogP) is 4.39. The summed E-state index contributed by atoms with van der Waals surface area (Å²) >= 11 is 0. The smallest absolute Gasteiger partial charge is 0.139 e. The second kappa shape index (κ2) is 9.91. The van der Waals surface area contributed by atoms with Crippen LogP contribution in [0.5, 0.6) is 5.75 Å². The highest BCUT2D eigenvalue weighted by Crippen LogP contribution is 2.39. The van der Waals surface area contributed by atoms with E-state index in [1.54, 1.807) is 24.1 Å². The van der Waals surface area contributed by atoms with Crippen LogP contribution in [-0.2, 0) is 7.05 Å². The monoisotopic (exact) mass is 479 g/mol. The van der Waals surface area contributed by atoms with Gasteiger partial charge >= 0.3 is 0 Å². The number of aromatic nitrogens is 6. The molecule has 0 amide bonds. The highest BCUT2D eigenvalue weighted by atomic mass is 19.1. The molecule has 1 fully saturated rings. The van der Waals surface area contributed by atoms with Crippen LogP contribution in [0.4, 0.5) is 8.78 Å². The molecule has 0 bridgehead atoms. The minimum absolute atomic E-state index is 0.146. The number of piperidine rings is 1. The second-order valence-corrected chi connectivity index (χ2v) is 8.75. The number of benzene rings is 1. The van der Waals surface area contributed by atoms with Gasteiger partial charge in [-0.25, -0.2) is 13.8 Å². The van der Waals surface area contributed by atoms with E-state index < -0.39 is 11.6 Å². The molecule has 5 rings (SSSR count). The van der Waals surface area contributed by atoms with Crippen molar-refractivity contribution in [3.05, 3.63) is 54.1 Å². The lowest BCUT2D eigenvalue weighted by atomic mass is 10.0. The standard InChI is InChI=1S/C25H27F2N7O/c1-16-23(31-32-30-16)17-6-7-28-20(12-17)24-25(33(2)15-29-24)22-19(27)13-18(26)14-21(22)35-11-10-34-8-4-3-5-9-34/h6-7,12-15H,3-5,8-11H2,1-2H3,(H,30,31,32). The van der Waals surface area contributed by atoms with Crippen molar-refractivity contribution in [3.8, 4) is 39.7 Å². The van der Waals surface area contributed by atoms with Crippen molar-refractivity contribution >= 4 is 0 Å². The van der Waals surface area contributed by atoms with Crippen LogP contribution in [0.25, 0.3) is 33.9 Å². The first-order valence-electron chi connectivity index (χ1n) is 11.7. The van der Waals surface area contributed by atoms with E-state index in [0.29, 0.717) is 35.9 Å². The average molecular weight is 480 g/mol. The number of pyridine rings is 1. The number of aryl methyl sites for hydroxylation is 2. The number of hydrogen-bond donors (Lipinski definition) is 1. The zero-order valence-electron chi connectivity index (χ0n) is 19.8. The van der Waals surface area contributed by atoms with Gasteiger partial charge in [-0.2, -0.15) is 15.4 Å². The Labute approximate surface area is 202 Å². The number of halogens is 2. The Balaban J connectivity index is 1.51. The normalized spacial score (nSPS) is 14.4. The Morgan fingerprint density at radius 1 is 1.03 bits per heavy atom. The van der Waals surface area contributed by atoms with Crippen LogP contribution < -0.4 is 4.74 Å². The van der Waals surface area contributed by atoms with Gasteiger partial charge in [0.15, 0.2) is 0 Å². The van der Waals surface area contributed by atoms with Gasteiger partial charge in [0, 0.05) is 37.5 Å². The maximum atomic E-state index is 15.3. The van der Waals surface area contributed by atoms with E-state index in [1.807, 2.05) is 19.1 Å². The van der Waals surface area contributed by atoms with Crippen molar-refractivity contribution in [1.82, 2.24) is 34.8 Å². The number of hydrogen-bond acceptors (Lipinski definition) is 6. The molecule has 1 N–H and O–H groups in total. The maximum Gasteiger partial charge on any atom is 0.139 e. The highest BCUT2D eigenvalue weighted by molar-refractivity contribution is 5.82. The van der Waals surface area contributed by atoms with Crippen LogP contribution in [-0.4, -0.2) is 61.1 Å². The van der Waals surface area contributed by atoms with Gasteiger partial charge in [0.05, 0.1) is 29.0 Å². The molecule has 4 aromatic rings. The summed E-state index contributed by atoms with van der Waals surface area (Å²) in [6.45, 7) is 4.93. The van der Waals surface area contributed by atoms with E-state index in [-0.39, 0.29) is 11.3 Å². The molecule has 1 saturated heterocycles. The number of H-pyrrole nitrogens is 1. The van der Waals surface area contributed by atoms with Crippen molar-refractivity contribution < 1.29 is 13.5 Å². The Morgan fingerprint density at radius 3 is 2.63 bits per heavy atom. The zero-order chi connectivity index (χ0) is 24.4. The number of ether oxygens (including phenoxy) is 1. The molecule has 10 heteroatoms. The van der Waals surface area contributed by atoms with Gasteiger partial charge in [-0.3, -0.25) is 9.88 Å². The molecule has 1 aliphatic heterocycles. The van der Waals surface area contributed by atoms with Crippen LogP contribution >= 0.6 is 0 Å². The fraction of sp³-hybridized carbons (Fsp3) is 0.360. The van der Waals surface area contributed by atoms with Gasteiger partial charge in [0.2, 0.25) is 0 Å². The van der Waals surface area contributed by atoms with Crippen molar-refractivity contribution in [1.29, 1.82) is 0 Å². The lowest BCUT2D eigenvalue weighted by Gasteiger charge is -2.26. The van der Waals surface area contributed by atoms with Crippen LogP contribution in [0.1, 0.15) is 25.0 Å². The lowest BCUT2D eigenvalue weighted by molar-refractivity contribution is 0.183. The summed E-state index contributed by atoms with van der Waals surface area (Å²) in [5.74, 6) is -1.26. The summed E-state index contributed by atoms with van der Waals surface area (Å²) in [5, 5.41) is 10.9. The van der Waals surface area contributed by atoms with Crippen molar-refractivity contribution in [3.63, 3.8) is 0 Å². The molecule has 4 heterocycles. The van der Waals surface area contributed by atoms with Crippen LogP contribution in [0.15, 0.2) is 36.8 Å². The van der Waals surface area contributed by atoms with Gasteiger partial charge in [0.1, 0.15) is 35.4 Å². The first-order valence-corrected chi connectivity index (χ1v) is 11.7. The molecule has 0 aliphatic carbocycles. The van der Waals surface area contributed by atoms with Crippen molar-refractivity contribution in [2.75, 3.05) is 26.2 Å². The Morgan fingerprint density at radius 2 is 1.86 bits per heavy atom. The molecular formula is C25H27F2N7O. The number of nitrogens with zero attached hydrogens (tertiary/aromatic N) is 6. The molecule has 0 atom stereocenters. The maximum absolute atomic E-state index is 15.3. The summed E-state index contributed by atoms with van der Waals surface area (Å²) in [4.78, 5) is 11.3.